The van der Waals surface area contributed by atoms with E-state index in [1.165, 1.54) is 0 Å². The summed E-state index contributed by atoms with van der Waals surface area (Å²) in [6.45, 7) is 4.44. The maximum Gasteiger partial charge on any atom is 0.258 e. The van der Waals surface area contributed by atoms with Crippen molar-refractivity contribution in [3.63, 3.8) is 0 Å². The fourth-order valence-electron chi connectivity index (χ4n) is 5.20. The van der Waals surface area contributed by atoms with E-state index in [0.717, 1.165) is 18.5 Å². The van der Waals surface area contributed by atoms with Gasteiger partial charge in [-0.05, 0) is 51.0 Å². The number of hydrogen-bond acceptors (Lipinski definition) is 5. The molecule has 0 saturated heterocycles. The fourth-order valence-corrected chi connectivity index (χ4v) is 5.20. The molecular weight excluding hydrogens is 430 g/mol. The van der Waals surface area contributed by atoms with E-state index in [0.29, 0.717) is 41.8 Å². The van der Waals surface area contributed by atoms with Crippen molar-refractivity contribution in [1.82, 2.24) is 14.9 Å². The van der Waals surface area contributed by atoms with E-state index in [1.54, 1.807) is 11.0 Å². The van der Waals surface area contributed by atoms with Crippen molar-refractivity contribution in [1.29, 1.82) is 0 Å². The van der Waals surface area contributed by atoms with Crippen molar-refractivity contribution < 1.29 is 9.59 Å². The van der Waals surface area contributed by atoms with Crippen LogP contribution in [0.25, 0.3) is 10.9 Å². The number of carbonyl (C=O) groups excluding carboxylic acids is 2. The Morgan fingerprint density at radius 3 is 2.56 bits per heavy atom. The lowest BCUT2D eigenvalue weighted by Crippen LogP contribution is -2.62. The van der Waals surface area contributed by atoms with Gasteiger partial charge in [0.15, 0.2) is 0 Å². The molecule has 1 aliphatic heterocycles. The van der Waals surface area contributed by atoms with E-state index in [4.69, 9.17) is 0 Å². The number of anilines is 2. The van der Waals surface area contributed by atoms with Crippen molar-refractivity contribution in [2.24, 2.45) is 0 Å². The number of carbonyl (C=O) groups is 2. The third kappa shape index (κ3) is 3.77. The quantitative estimate of drug-likeness (QED) is 0.609. The van der Waals surface area contributed by atoms with Crippen molar-refractivity contribution in [3.8, 4) is 0 Å². The highest BCUT2D eigenvalue weighted by atomic mass is 16.2. The van der Waals surface area contributed by atoms with Crippen molar-refractivity contribution in [2.75, 3.05) is 16.8 Å². The molecule has 0 unspecified atom stereocenters. The van der Waals surface area contributed by atoms with E-state index < -0.39 is 5.54 Å². The zero-order chi connectivity index (χ0) is 23.9. The molecule has 3 aromatic rings. The van der Waals surface area contributed by atoms with Crippen LogP contribution in [-0.2, 0) is 16.1 Å². The third-order valence-electron chi connectivity index (χ3n) is 7.01. The van der Waals surface area contributed by atoms with Crippen LogP contribution < -0.4 is 15.8 Å². The molecule has 176 valence electrons. The van der Waals surface area contributed by atoms with Gasteiger partial charge in [-0.3, -0.25) is 24.2 Å². The molecule has 2 N–H and O–H groups in total. The first-order chi connectivity index (χ1) is 16.4. The molecule has 2 aromatic carbocycles. The number of amides is 2. The van der Waals surface area contributed by atoms with Gasteiger partial charge in [0.1, 0.15) is 11.4 Å². The summed E-state index contributed by atoms with van der Waals surface area (Å²) in [5, 5.41) is 3.56. The lowest BCUT2D eigenvalue weighted by Gasteiger charge is -2.45. The summed E-state index contributed by atoms with van der Waals surface area (Å²) < 4.78 is 0. The largest absolute Gasteiger partial charge is 0.322 e. The zero-order valence-electron chi connectivity index (χ0n) is 19.5. The first kappa shape index (κ1) is 22.3. The third-order valence-corrected chi connectivity index (χ3v) is 7.01. The van der Waals surface area contributed by atoms with E-state index in [-0.39, 0.29) is 30.0 Å². The minimum Gasteiger partial charge on any atom is -0.322 e. The summed E-state index contributed by atoms with van der Waals surface area (Å²) in [4.78, 5) is 50.8. The number of fused-ring (bicyclic) bond motifs is 2. The number of hydrogen-bond donors (Lipinski definition) is 2. The fraction of sp³-hybridized carbons (Fsp3) is 0.385. The smallest absolute Gasteiger partial charge is 0.258 e. The molecule has 5 rings (SSSR count). The summed E-state index contributed by atoms with van der Waals surface area (Å²) in [6.07, 6.45) is 3.13. The van der Waals surface area contributed by atoms with Gasteiger partial charge in [0, 0.05) is 6.04 Å². The van der Waals surface area contributed by atoms with Crippen LogP contribution in [0, 0.1) is 0 Å². The highest BCUT2D eigenvalue weighted by molar-refractivity contribution is 6.15. The summed E-state index contributed by atoms with van der Waals surface area (Å²) in [5.74, 6) is 0.285. The molecule has 1 fully saturated rings. The van der Waals surface area contributed by atoms with Crippen molar-refractivity contribution in [2.45, 2.75) is 57.7 Å². The number of benzene rings is 2. The van der Waals surface area contributed by atoms with Crippen molar-refractivity contribution in [3.05, 3.63) is 64.7 Å². The Labute approximate surface area is 198 Å². The highest BCUT2D eigenvalue weighted by Gasteiger charge is 2.52. The number of para-hydroxylation sites is 3. The van der Waals surface area contributed by atoms with Crippen LogP contribution in [0.1, 0.15) is 45.4 Å². The van der Waals surface area contributed by atoms with Crippen LogP contribution in [0.3, 0.4) is 0 Å². The maximum absolute atomic E-state index is 13.9. The van der Waals surface area contributed by atoms with E-state index in [9.17, 15) is 14.4 Å². The lowest BCUT2D eigenvalue weighted by molar-refractivity contribution is -0.128. The average Bonchev–Trinajstić information content (AvgIpc) is 3.30. The lowest BCUT2D eigenvalue weighted by atomic mass is 9.89. The van der Waals surface area contributed by atoms with Gasteiger partial charge in [-0.1, -0.05) is 37.1 Å². The first-order valence-electron chi connectivity index (χ1n) is 11.8. The number of aromatic nitrogens is 2. The topological polar surface area (TPSA) is 98.4 Å². The van der Waals surface area contributed by atoms with Crippen LogP contribution in [0.5, 0.6) is 0 Å². The standard InChI is InChI=1S/C26H29N5O3/c1-17(2)30(15-22-27-19-10-4-3-9-18(19)24(33)29-22)16-23(32)31-21-12-6-5-11-20(21)28-25(34)26(31)13-7-8-14-26/h3-6,9-12,17H,7-8,13-16H2,1-2H3,(H,28,34)(H,27,29,33). The first-order valence-corrected chi connectivity index (χ1v) is 11.8. The summed E-state index contributed by atoms with van der Waals surface area (Å²) >= 11 is 0. The minimum absolute atomic E-state index is 0.0223. The molecule has 34 heavy (non-hydrogen) atoms. The minimum atomic E-state index is -0.844. The molecule has 1 aliphatic carbocycles. The van der Waals surface area contributed by atoms with Gasteiger partial charge in [-0.2, -0.15) is 0 Å². The Hall–Kier alpha value is -3.52. The highest BCUT2D eigenvalue weighted by Crippen LogP contribution is 2.45. The molecule has 2 heterocycles. The second-order valence-corrected chi connectivity index (χ2v) is 9.47. The molecular formula is C26H29N5O3. The Morgan fingerprint density at radius 1 is 1.09 bits per heavy atom. The van der Waals surface area contributed by atoms with Crippen LogP contribution in [0.15, 0.2) is 53.3 Å². The predicted octanol–water partition coefficient (Wildman–Crippen LogP) is 3.43. The molecule has 0 atom stereocenters. The summed E-state index contributed by atoms with van der Waals surface area (Å²) in [7, 11) is 0. The monoisotopic (exact) mass is 459 g/mol. The number of nitrogens with zero attached hydrogens (tertiary/aromatic N) is 3. The molecule has 2 amide bonds. The second-order valence-electron chi connectivity index (χ2n) is 9.47. The van der Waals surface area contributed by atoms with Crippen LogP contribution in [0.2, 0.25) is 0 Å². The average molecular weight is 460 g/mol. The van der Waals surface area contributed by atoms with E-state index in [1.807, 2.05) is 61.2 Å². The SMILES string of the molecule is CC(C)N(CC(=O)N1c2ccccc2NC(=O)C12CCCC2)Cc1nc2ccccc2c(=O)[nH]1. The van der Waals surface area contributed by atoms with Gasteiger partial charge in [-0.15, -0.1) is 0 Å². The normalized spacial score (nSPS) is 16.9. The van der Waals surface area contributed by atoms with Gasteiger partial charge >= 0.3 is 0 Å². The molecule has 2 aliphatic rings. The molecule has 1 saturated carbocycles. The second kappa shape index (κ2) is 8.68. The number of rotatable bonds is 5. The van der Waals surface area contributed by atoms with Gasteiger partial charge in [-0.25, -0.2) is 4.98 Å². The van der Waals surface area contributed by atoms with E-state index in [2.05, 4.69) is 15.3 Å². The number of nitrogens with one attached hydrogen (secondary N) is 2. The summed E-state index contributed by atoms with van der Waals surface area (Å²) in [5.41, 5.74) is 0.999. The van der Waals surface area contributed by atoms with Gasteiger partial charge < -0.3 is 10.3 Å². The summed E-state index contributed by atoms with van der Waals surface area (Å²) in [6, 6.07) is 14.7. The zero-order valence-corrected chi connectivity index (χ0v) is 19.5. The maximum atomic E-state index is 13.9. The van der Waals surface area contributed by atoms with Crippen molar-refractivity contribution >= 4 is 34.1 Å². The molecule has 1 spiro atoms. The van der Waals surface area contributed by atoms with Crippen LogP contribution in [-0.4, -0.2) is 44.8 Å². The van der Waals surface area contributed by atoms with Crippen LogP contribution >= 0.6 is 0 Å². The Bertz CT molecular complexity index is 1310. The predicted molar refractivity (Wildman–Crippen MR) is 132 cm³/mol. The van der Waals surface area contributed by atoms with E-state index >= 15 is 0 Å². The molecule has 8 heteroatoms. The molecule has 8 nitrogen and oxygen atoms in total. The Kier molecular flexibility index (Phi) is 5.69. The van der Waals surface area contributed by atoms with Gasteiger partial charge in [0.05, 0.1) is 35.4 Å². The number of aromatic amines is 1. The molecule has 0 radical (unpaired) electrons. The Balaban J connectivity index is 1.46. The van der Waals surface area contributed by atoms with Crippen LogP contribution in [0.4, 0.5) is 11.4 Å². The Morgan fingerprint density at radius 2 is 1.79 bits per heavy atom. The molecule has 1 aromatic heterocycles. The van der Waals surface area contributed by atoms with Gasteiger partial charge in [0.25, 0.3) is 11.5 Å². The molecule has 0 bridgehead atoms. The number of H-pyrrole nitrogens is 1. The van der Waals surface area contributed by atoms with Gasteiger partial charge in [0.2, 0.25) is 5.91 Å².